The molecule has 7 heteroatoms. The van der Waals surface area contributed by atoms with Crippen molar-refractivity contribution in [2.45, 2.75) is 23.8 Å². The van der Waals surface area contributed by atoms with Crippen LogP contribution >= 0.6 is 11.6 Å². The number of nitrogens with zero attached hydrogens (tertiary/aromatic N) is 2. The molecule has 0 aliphatic heterocycles. The van der Waals surface area contributed by atoms with Crippen molar-refractivity contribution in [1.29, 1.82) is 0 Å². The summed E-state index contributed by atoms with van der Waals surface area (Å²) in [5, 5.41) is 0.188. The zero-order valence-corrected chi connectivity index (χ0v) is 11.7. The van der Waals surface area contributed by atoms with Crippen molar-refractivity contribution >= 4 is 21.6 Å². The van der Waals surface area contributed by atoms with Gasteiger partial charge in [-0.05, 0) is 26.0 Å². The van der Waals surface area contributed by atoms with Gasteiger partial charge in [-0.25, -0.2) is 13.1 Å². The average molecular weight is 290 g/mol. The Morgan fingerprint density at radius 1 is 1.56 bits per heavy atom. The monoisotopic (exact) mass is 289 g/mol. The van der Waals surface area contributed by atoms with Gasteiger partial charge in [0, 0.05) is 31.5 Å². The van der Waals surface area contributed by atoms with Crippen LogP contribution in [0.5, 0.6) is 0 Å². The maximum Gasteiger partial charge on any atom is 0.243 e. The summed E-state index contributed by atoms with van der Waals surface area (Å²) in [6.45, 7) is 1.07. The molecule has 0 spiro atoms. The van der Waals surface area contributed by atoms with Crippen LogP contribution in [0.3, 0.4) is 0 Å². The molecule has 5 nitrogen and oxygen atoms in total. The van der Waals surface area contributed by atoms with Crippen molar-refractivity contribution in [2.24, 2.45) is 0 Å². The van der Waals surface area contributed by atoms with E-state index in [1.54, 1.807) is 0 Å². The summed E-state index contributed by atoms with van der Waals surface area (Å²) in [4.78, 5) is 5.97. The third-order valence-corrected chi connectivity index (χ3v) is 4.88. The van der Waals surface area contributed by atoms with Crippen LogP contribution in [-0.2, 0) is 10.0 Å². The lowest BCUT2D eigenvalue weighted by Crippen LogP contribution is -2.34. The molecule has 1 saturated carbocycles. The molecule has 0 atom stereocenters. The van der Waals surface area contributed by atoms with Gasteiger partial charge in [-0.15, -0.1) is 0 Å². The molecule has 1 aliphatic carbocycles. The smallest absolute Gasteiger partial charge is 0.243 e. The normalized spacial score (nSPS) is 16.2. The van der Waals surface area contributed by atoms with Crippen LogP contribution in [0.2, 0.25) is 5.02 Å². The van der Waals surface area contributed by atoms with Gasteiger partial charge in [-0.3, -0.25) is 4.98 Å². The molecular formula is C11H16ClN3O2S. The number of hydrogen-bond donors (Lipinski definition) is 1. The van der Waals surface area contributed by atoms with Gasteiger partial charge in [0.2, 0.25) is 10.0 Å². The summed E-state index contributed by atoms with van der Waals surface area (Å²) >= 11 is 5.84. The van der Waals surface area contributed by atoms with Crippen LogP contribution in [0.25, 0.3) is 0 Å². The number of sulfonamides is 1. The molecule has 0 bridgehead atoms. The van der Waals surface area contributed by atoms with Crippen molar-refractivity contribution < 1.29 is 8.42 Å². The Bertz CT molecular complexity index is 517. The first-order valence-corrected chi connectivity index (χ1v) is 7.66. The number of likely N-dealkylation sites (N-methyl/N-ethyl adjacent to an activating group) is 1. The maximum absolute atomic E-state index is 12.0. The molecule has 0 aromatic carbocycles. The predicted molar refractivity (Wildman–Crippen MR) is 70.1 cm³/mol. The van der Waals surface area contributed by atoms with E-state index >= 15 is 0 Å². The van der Waals surface area contributed by atoms with Crippen LogP contribution in [0.15, 0.2) is 23.4 Å². The second kappa shape index (κ2) is 5.52. The summed E-state index contributed by atoms with van der Waals surface area (Å²) in [5.41, 5.74) is 0. The molecule has 1 aromatic rings. The van der Waals surface area contributed by atoms with Gasteiger partial charge in [0.1, 0.15) is 4.90 Å². The predicted octanol–water partition coefficient (Wildman–Crippen LogP) is 1.11. The fourth-order valence-electron chi connectivity index (χ4n) is 1.69. The zero-order valence-electron chi connectivity index (χ0n) is 10.1. The van der Waals surface area contributed by atoms with E-state index in [0.29, 0.717) is 19.1 Å². The second-order valence-corrected chi connectivity index (χ2v) is 6.56. The highest BCUT2D eigenvalue weighted by atomic mass is 35.5. The van der Waals surface area contributed by atoms with Crippen molar-refractivity contribution in [3.05, 3.63) is 23.5 Å². The zero-order chi connectivity index (χ0) is 13.2. The Balaban J connectivity index is 1.93. The Morgan fingerprint density at radius 2 is 2.28 bits per heavy atom. The molecule has 0 unspecified atom stereocenters. The minimum Gasteiger partial charge on any atom is -0.302 e. The van der Waals surface area contributed by atoms with E-state index in [9.17, 15) is 8.42 Å². The molecule has 2 rings (SSSR count). The van der Waals surface area contributed by atoms with Crippen LogP contribution in [0, 0.1) is 0 Å². The number of rotatable bonds is 6. The molecule has 0 radical (unpaired) electrons. The van der Waals surface area contributed by atoms with E-state index < -0.39 is 10.0 Å². The fourth-order valence-corrected chi connectivity index (χ4v) is 3.14. The second-order valence-electron chi connectivity index (χ2n) is 4.42. The molecule has 1 aromatic heterocycles. The lowest BCUT2D eigenvalue weighted by Gasteiger charge is -2.15. The van der Waals surface area contributed by atoms with Crippen molar-refractivity contribution in [2.75, 3.05) is 20.1 Å². The molecular weight excluding hydrogens is 274 g/mol. The molecule has 1 heterocycles. The minimum absolute atomic E-state index is 0.0285. The third-order valence-electron chi connectivity index (χ3n) is 2.95. The standard InChI is InChI=1S/C11H16ClN3O2S/c1-15(9-2-3-9)7-6-14-18(16,17)11-8-13-5-4-10(11)12/h4-5,8-9,14H,2-3,6-7H2,1H3. The van der Waals surface area contributed by atoms with E-state index in [1.807, 2.05) is 7.05 Å². The molecule has 0 amide bonds. The summed E-state index contributed by atoms with van der Waals surface area (Å²) in [5.74, 6) is 0. The Labute approximate surface area is 112 Å². The first-order chi connectivity index (χ1) is 8.50. The fraction of sp³-hybridized carbons (Fsp3) is 0.545. The molecule has 18 heavy (non-hydrogen) atoms. The largest absolute Gasteiger partial charge is 0.302 e. The first kappa shape index (κ1) is 13.7. The molecule has 100 valence electrons. The number of aromatic nitrogens is 1. The van der Waals surface area contributed by atoms with Gasteiger partial charge in [-0.1, -0.05) is 11.6 Å². The van der Waals surface area contributed by atoms with Crippen LogP contribution in [0.1, 0.15) is 12.8 Å². The molecule has 1 fully saturated rings. The van der Waals surface area contributed by atoms with Gasteiger partial charge >= 0.3 is 0 Å². The number of hydrogen-bond acceptors (Lipinski definition) is 4. The lowest BCUT2D eigenvalue weighted by molar-refractivity contribution is 0.329. The first-order valence-electron chi connectivity index (χ1n) is 5.80. The van der Waals surface area contributed by atoms with Crippen LogP contribution < -0.4 is 4.72 Å². The minimum atomic E-state index is -3.56. The summed E-state index contributed by atoms with van der Waals surface area (Å²) < 4.78 is 26.5. The van der Waals surface area contributed by atoms with Gasteiger partial charge in [-0.2, -0.15) is 0 Å². The number of pyridine rings is 1. The topological polar surface area (TPSA) is 62.3 Å². The van der Waals surface area contributed by atoms with Gasteiger partial charge in [0.05, 0.1) is 5.02 Å². The van der Waals surface area contributed by atoms with Crippen LogP contribution in [0.4, 0.5) is 0 Å². The maximum atomic E-state index is 12.0. The molecule has 1 aliphatic rings. The Kier molecular flexibility index (Phi) is 4.21. The van der Waals surface area contributed by atoms with E-state index in [0.717, 1.165) is 0 Å². The highest BCUT2D eigenvalue weighted by Gasteiger charge is 2.26. The van der Waals surface area contributed by atoms with Gasteiger partial charge in [0.25, 0.3) is 0 Å². The average Bonchev–Trinajstić information content (AvgIpc) is 3.12. The van der Waals surface area contributed by atoms with Crippen LogP contribution in [-0.4, -0.2) is 44.5 Å². The molecule has 0 saturated heterocycles. The SMILES string of the molecule is CN(CCNS(=O)(=O)c1cnccc1Cl)C1CC1. The van der Waals surface area contributed by atoms with Crippen molar-refractivity contribution in [3.8, 4) is 0 Å². The van der Waals surface area contributed by atoms with Crippen molar-refractivity contribution in [3.63, 3.8) is 0 Å². The van der Waals surface area contributed by atoms with Gasteiger partial charge < -0.3 is 4.90 Å². The van der Waals surface area contributed by atoms with Crippen molar-refractivity contribution in [1.82, 2.24) is 14.6 Å². The highest BCUT2D eigenvalue weighted by molar-refractivity contribution is 7.89. The number of halogens is 1. The highest BCUT2D eigenvalue weighted by Crippen LogP contribution is 2.24. The third kappa shape index (κ3) is 3.41. The van der Waals surface area contributed by atoms with E-state index in [1.165, 1.54) is 31.3 Å². The van der Waals surface area contributed by atoms with E-state index in [2.05, 4.69) is 14.6 Å². The van der Waals surface area contributed by atoms with Gasteiger partial charge in [0.15, 0.2) is 0 Å². The summed E-state index contributed by atoms with van der Waals surface area (Å²) in [7, 11) is -1.56. The Morgan fingerprint density at radius 3 is 2.89 bits per heavy atom. The lowest BCUT2D eigenvalue weighted by atomic mass is 10.5. The van der Waals surface area contributed by atoms with E-state index in [-0.39, 0.29) is 9.92 Å². The van der Waals surface area contributed by atoms with E-state index in [4.69, 9.17) is 11.6 Å². The molecule has 1 N–H and O–H groups in total. The summed E-state index contributed by atoms with van der Waals surface area (Å²) in [6.07, 6.45) is 5.13. The summed E-state index contributed by atoms with van der Waals surface area (Å²) in [6, 6.07) is 2.09. The quantitative estimate of drug-likeness (QED) is 0.852. The Hall–Kier alpha value is -0.690. The number of nitrogens with one attached hydrogen (secondary N) is 1.